The van der Waals surface area contributed by atoms with Gasteiger partial charge >= 0.3 is 0 Å². The average molecular weight is 278 g/mol. The molecule has 1 aliphatic rings. The Bertz CT molecular complexity index is 515. The molecule has 3 atom stereocenters. The number of nitrogen functional groups attached to an aromatic ring is 1. The van der Waals surface area contributed by atoms with Crippen molar-refractivity contribution in [2.45, 2.75) is 46.1 Å². The minimum atomic E-state index is -0.477. The van der Waals surface area contributed by atoms with Gasteiger partial charge in [0.25, 0.3) is 5.91 Å². The van der Waals surface area contributed by atoms with Crippen LogP contribution >= 0.6 is 0 Å². The number of hydrogen-bond acceptors (Lipinski definition) is 2. The van der Waals surface area contributed by atoms with Crippen molar-refractivity contribution in [3.8, 4) is 0 Å². The molecule has 3 unspecified atom stereocenters. The molecule has 0 heterocycles. The molecule has 1 aliphatic carbocycles. The highest BCUT2D eigenvalue weighted by Gasteiger charge is 2.33. The molecule has 1 aromatic carbocycles. The number of nitrogens with one attached hydrogen (secondary N) is 1. The van der Waals surface area contributed by atoms with Crippen LogP contribution in [0.25, 0.3) is 0 Å². The summed E-state index contributed by atoms with van der Waals surface area (Å²) in [5.41, 5.74) is 6.57. The lowest BCUT2D eigenvalue weighted by Gasteiger charge is -2.21. The predicted molar refractivity (Wildman–Crippen MR) is 79.0 cm³/mol. The van der Waals surface area contributed by atoms with Crippen molar-refractivity contribution >= 4 is 11.6 Å². The number of benzene rings is 1. The van der Waals surface area contributed by atoms with E-state index in [0.717, 1.165) is 19.3 Å². The maximum absolute atomic E-state index is 14.0. The Balaban J connectivity index is 2.13. The van der Waals surface area contributed by atoms with Crippen LogP contribution in [0.4, 0.5) is 10.1 Å². The quantitative estimate of drug-likeness (QED) is 0.834. The third-order valence-electron chi connectivity index (χ3n) is 4.59. The normalized spacial score (nSPS) is 25.7. The van der Waals surface area contributed by atoms with E-state index in [1.807, 2.05) is 0 Å². The summed E-state index contributed by atoms with van der Waals surface area (Å²) in [5, 5.41) is 2.97. The third-order valence-corrected chi connectivity index (χ3v) is 4.59. The molecular formula is C16H23FN2O. The molecule has 3 nitrogen and oxygen atoms in total. The summed E-state index contributed by atoms with van der Waals surface area (Å²) in [6, 6.07) is 3.08. The van der Waals surface area contributed by atoms with Gasteiger partial charge in [0.2, 0.25) is 0 Å². The number of anilines is 1. The highest BCUT2D eigenvalue weighted by atomic mass is 19.1. The van der Waals surface area contributed by atoms with Gasteiger partial charge in [-0.05, 0) is 49.3 Å². The summed E-state index contributed by atoms with van der Waals surface area (Å²) in [6.07, 6.45) is 3.22. The SMILES string of the molecule is CCC1CCC(NC(=O)c2cc(N)cc(C)c2F)C1C. The number of hydrogen-bond donors (Lipinski definition) is 2. The fourth-order valence-electron chi connectivity index (χ4n) is 3.24. The van der Waals surface area contributed by atoms with Crippen molar-refractivity contribution in [3.63, 3.8) is 0 Å². The minimum absolute atomic E-state index is 0.0506. The van der Waals surface area contributed by atoms with Crippen molar-refractivity contribution in [2.24, 2.45) is 11.8 Å². The lowest BCUT2D eigenvalue weighted by molar-refractivity contribution is 0.0922. The highest BCUT2D eigenvalue weighted by Crippen LogP contribution is 2.34. The van der Waals surface area contributed by atoms with Crippen molar-refractivity contribution in [1.82, 2.24) is 5.32 Å². The zero-order valence-electron chi connectivity index (χ0n) is 12.4. The van der Waals surface area contributed by atoms with Gasteiger partial charge in [-0.3, -0.25) is 4.79 Å². The van der Waals surface area contributed by atoms with Gasteiger partial charge in [-0.2, -0.15) is 0 Å². The molecule has 0 radical (unpaired) electrons. The van der Waals surface area contributed by atoms with Gasteiger partial charge in [-0.1, -0.05) is 20.3 Å². The van der Waals surface area contributed by atoms with Crippen LogP contribution < -0.4 is 11.1 Å². The number of carbonyl (C=O) groups is 1. The van der Waals surface area contributed by atoms with Gasteiger partial charge in [-0.15, -0.1) is 0 Å². The number of carbonyl (C=O) groups excluding carboxylic acids is 1. The number of halogens is 1. The molecule has 0 spiro atoms. The van der Waals surface area contributed by atoms with Gasteiger partial charge in [0.1, 0.15) is 5.82 Å². The summed E-state index contributed by atoms with van der Waals surface area (Å²) < 4.78 is 14.0. The Morgan fingerprint density at radius 2 is 2.15 bits per heavy atom. The number of amides is 1. The second-order valence-electron chi connectivity index (χ2n) is 5.88. The fraction of sp³-hybridized carbons (Fsp3) is 0.562. The second-order valence-corrected chi connectivity index (χ2v) is 5.88. The van der Waals surface area contributed by atoms with Gasteiger partial charge < -0.3 is 11.1 Å². The maximum atomic E-state index is 14.0. The van der Waals surface area contributed by atoms with E-state index in [1.165, 1.54) is 12.1 Å². The third kappa shape index (κ3) is 2.79. The monoisotopic (exact) mass is 278 g/mol. The largest absolute Gasteiger partial charge is 0.399 e. The van der Waals surface area contributed by atoms with E-state index < -0.39 is 5.82 Å². The number of nitrogens with two attached hydrogens (primary N) is 1. The summed E-state index contributed by atoms with van der Waals surface area (Å²) in [6.45, 7) is 5.95. The Morgan fingerprint density at radius 3 is 2.75 bits per heavy atom. The van der Waals surface area contributed by atoms with Crippen LogP contribution in [0.5, 0.6) is 0 Å². The second kappa shape index (κ2) is 5.81. The Morgan fingerprint density at radius 1 is 1.45 bits per heavy atom. The summed E-state index contributed by atoms with van der Waals surface area (Å²) in [5.74, 6) is 0.253. The van der Waals surface area contributed by atoms with Crippen molar-refractivity contribution < 1.29 is 9.18 Å². The first kappa shape index (κ1) is 14.8. The molecule has 4 heteroatoms. The van der Waals surface area contributed by atoms with Crippen LogP contribution in [0.1, 0.15) is 49.0 Å². The molecule has 1 fully saturated rings. The molecular weight excluding hydrogens is 255 g/mol. The summed E-state index contributed by atoms with van der Waals surface area (Å²) in [4.78, 5) is 12.3. The summed E-state index contributed by atoms with van der Waals surface area (Å²) in [7, 11) is 0. The zero-order chi connectivity index (χ0) is 14.9. The molecule has 1 amide bonds. The van der Waals surface area contributed by atoms with E-state index >= 15 is 0 Å². The molecule has 3 N–H and O–H groups in total. The van der Waals surface area contributed by atoms with E-state index in [-0.39, 0.29) is 17.5 Å². The first-order valence-corrected chi connectivity index (χ1v) is 7.30. The Kier molecular flexibility index (Phi) is 4.31. The number of aryl methyl sites for hydroxylation is 1. The number of rotatable bonds is 3. The van der Waals surface area contributed by atoms with E-state index in [4.69, 9.17) is 5.73 Å². The maximum Gasteiger partial charge on any atom is 0.254 e. The minimum Gasteiger partial charge on any atom is -0.399 e. The standard InChI is InChI=1S/C16H23FN2O/c1-4-11-5-6-14(10(11)3)19-16(20)13-8-12(18)7-9(2)15(13)17/h7-8,10-11,14H,4-6,18H2,1-3H3,(H,19,20). The lowest BCUT2D eigenvalue weighted by Crippen LogP contribution is -2.38. The molecule has 1 aromatic rings. The van der Waals surface area contributed by atoms with Crippen molar-refractivity contribution in [2.75, 3.05) is 5.73 Å². The predicted octanol–water partition coefficient (Wildman–Crippen LogP) is 3.27. The molecule has 0 aliphatic heterocycles. The van der Waals surface area contributed by atoms with Gasteiger partial charge in [0, 0.05) is 11.7 Å². The van der Waals surface area contributed by atoms with Gasteiger partial charge in [0.15, 0.2) is 0 Å². The molecule has 20 heavy (non-hydrogen) atoms. The summed E-state index contributed by atoms with van der Waals surface area (Å²) >= 11 is 0. The molecule has 0 bridgehead atoms. The van der Waals surface area contributed by atoms with E-state index in [0.29, 0.717) is 23.1 Å². The van der Waals surface area contributed by atoms with Crippen LogP contribution in [0.15, 0.2) is 12.1 Å². The van der Waals surface area contributed by atoms with Crippen LogP contribution in [0.3, 0.4) is 0 Å². The molecule has 110 valence electrons. The van der Waals surface area contributed by atoms with Gasteiger partial charge in [-0.25, -0.2) is 4.39 Å². The smallest absolute Gasteiger partial charge is 0.254 e. The van der Waals surface area contributed by atoms with Crippen LogP contribution in [-0.4, -0.2) is 11.9 Å². The average Bonchev–Trinajstić information content (AvgIpc) is 2.74. The Hall–Kier alpha value is -1.58. The first-order valence-electron chi connectivity index (χ1n) is 7.30. The van der Waals surface area contributed by atoms with Crippen LogP contribution in [-0.2, 0) is 0 Å². The van der Waals surface area contributed by atoms with Crippen LogP contribution in [0.2, 0.25) is 0 Å². The zero-order valence-corrected chi connectivity index (χ0v) is 12.4. The molecule has 0 saturated heterocycles. The van der Waals surface area contributed by atoms with E-state index in [2.05, 4.69) is 19.2 Å². The topological polar surface area (TPSA) is 55.1 Å². The van der Waals surface area contributed by atoms with Gasteiger partial charge in [0.05, 0.1) is 5.56 Å². The lowest BCUT2D eigenvalue weighted by atomic mass is 9.93. The highest BCUT2D eigenvalue weighted by molar-refractivity contribution is 5.95. The van der Waals surface area contributed by atoms with Crippen LogP contribution in [0, 0.1) is 24.6 Å². The molecule has 2 rings (SSSR count). The van der Waals surface area contributed by atoms with Crippen molar-refractivity contribution in [3.05, 3.63) is 29.1 Å². The van der Waals surface area contributed by atoms with E-state index in [9.17, 15) is 9.18 Å². The first-order chi connectivity index (χ1) is 9.43. The van der Waals surface area contributed by atoms with E-state index in [1.54, 1.807) is 6.92 Å². The molecule has 1 saturated carbocycles. The Labute approximate surface area is 119 Å². The van der Waals surface area contributed by atoms with Crippen molar-refractivity contribution in [1.29, 1.82) is 0 Å². The molecule has 0 aromatic heterocycles. The fourth-order valence-corrected chi connectivity index (χ4v) is 3.24.